The maximum absolute atomic E-state index is 12.0. The molecule has 1 fully saturated rings. The Morgan fingerprint density at radius 1 is 1.33 bits per heavy atom. The number of ether oxygens (including phenoxy) is 1. The molecule has 0 aromatic heterocycles. The standard InChI is InChI=1S/C17H34N2O2/c1-7-17(8-2)9-11-19(12-10-17)14(3)13-16(4,18-5)15(20)21-6/h14,18H,7-13H2,1-6H3. The molecule has 1 N–H and O–H groups in total. The van der Waals surface area contributed by atoms with Gasteiger partial charge in [0.25, 0.3) is 0 Å². The van der Waals surface area contributed by atoms with Gasteiger partial charge >= 0.3 is 5.97 Å². The average molecular weight is 298 g/mol. The van der Waals surface area contributed by atoms with Crippen LogP contribution in [0, 0.1) is 5.41 Å². The van der Waals surface area contributed by atoms with Gasteiger partial charge < -0.3 is 15.0 Å². The highest BCUT2D eigenvalue weighted by molar-refractivity contribution is 5.80. The lowest BCUT2D eigenvalue weighted by molar-refractivity contribution is -0.148. The molecule has 0 aliphatic carbocycles. The second kappa shape index (κ2) is 7.59. The zero-order chi connectivity index (χ0) is 16.1. The monoisotopic (exact) mass is 298 g/mol. The number of rotatable bonds is 7. The molecule has 0 bridgehead atoms. The van der Waals surface area contributed by atoms with E-state index in [9.17, 15) is 4.79 Å². The Hall–Kier alpha value is -0.610. The van der Waals surface area contributed by atoms with Gasteiger partial charge in [0.05, 0.1) is 7.11 Å². The van der Waals surface area contributed by atoms with Crippen LogP contribution in [0.5, 0.6) is 0 Å². The third-order valence-corrected chi connectivity index (χ3v) is 5.87. The molecule has 1 heterocycles. The minimum absolute atomic E-state index is 0.176. The summed E-state index contributed by atoms with van der Waals surface area (Å²) in [6.45, 7) is 11.1. The predicted octanol–water partition coefficient (Wildman–Crippen LogP) is 2.82. The van der Waals surface area contributed by atoms with Crippen molar-refractivity contribution in [2.45, 2.75) is 71.4 Å². The van der Waals surface area contributed by atoms with Crippen molar-refractivity contribution in [2.75, 3.05) is 27.2 Å². The first-order valence-electron chi connectivity index (χ1n) is 8.37. The number of carbonyl (C=O) groups is 1. The Morgan fingerprint density at radius 2 is 1.86 bits per heavy atom. The number of hydrogen-bond donors (Lipinski definition) is 1. The number of piperidine rings is 1. The first kappa shape index (κ1) is 18.4. The summed E-state index contributed by atoms with van der Waals surface area (Å²) in [5.74, 6) is -0.176. The molecule has 1 saturated heterocycles. The number of nitrogens with zero attached hydrogens (tertiary/aromatic N) is 1. The summed E-state index contributed by atoms with van der Waals surface area (Å²) in [6.07, 6.45) is 5.89. The number of likely N-dealkylation sites (N-methyl/N-ethyl adjacent to an activating group) is 1. The summed E-state index contributed by atoms with van der Waals surface area (Å²) in [5, 5.41) is 3.14. The molecule has 4 heteroatoms. The van der Waals surface area contributed by atoms with E-state index in [0.717, 1.165) is 19.5 Å². The molecule has 0 spiro atoms. The molecular formula is C17H34N2O2. The SMILES string of the molecule is CCC1(CC)CCN(C(C)CC(C)(NC)C(=O)OC)CC1. The molecule has 1 aliphatic rings. The minimum atomic E-state index is -0.599. The van der Waals surface area contributed by atoms with Crippen LogP contribution in [0.1, 0.15) is 59.8 Å². The second-order valence-corrected chi connectivity index (χ2v) is 6.87. The van der Waals surface area contributed by atoms with Crippen molar-refractivity contribution in [3.8, 4) is 0 Å². The summed E-state index contributed by atoms with van der Waals surface area (Å²) in [4.78, 5) is 14.5. The van der Waals surface area contributed by atoms with Crippen LogP contribution < -0.4 is 5.32 Å². The second-order valence-electron chi connectivity index (χ2n) is 6.87. The lowest BCUT2D eigenvalue weighted by atomic mass is 9.74. The molecule has 4 nitrogen and oxygen atoms in total. The Morgan fingerprint density at radius 3 is 2.24 bits per heavy atom. The van der Waals surface area contributed by atoms with Gasteiger partial charge in [0, 0.05) is 6.04 Å². The fraction of sp³-hybridized carbons (Fsp3) is 0.941. The zero-order valence-electron chi connectivity index (χ0n) is 14.8. The predicted molar refractivity (Wildman–Crippen MR) is 87.4 cm³/mol. The molecule has 0 aromatic rings. The van der Waals surface area contributed by atoms with Crippen LogP contribution in [0.3, 0.4) is 0 Å². The van der Waals surface area contributed by atoms with Crippen molar-refractivity contribution in [1.29, 1.82) is 0 Å². The van der Waals surface area contributed by atoms with Crippen LogP contribution in [0.2, 0.25) is 0 Å². The molecule has 0 amide bonds. The Kier molecular flexibility index (Phi) is 6.67. The first-order chi connectivity index (χ1) is 9.86. The fourth-order valence-electron chi connectivity index (χ4n) is 3.63. The van der Waals surface area contributed by atoms with Gasteiger partial charge in [0.2, 0.25) is 0 Å². The quantitative estimate of drug-likeness (QED) is 0.734. The van der Waals surface area contributed by atoms with Crippen molar-refractivity contribution in [1.82, 2.24) is 10.2 Å². The van der Waals surface area contributed by atoms with Crippen molar-refractivity contribution in [2.24, 2.45) is 5.41 Å². The van der Waals surface area contributed by atoms with Crippen LogP contribution in [-0.4, -0.2) is 49.7 Å². The first-order valence-corrected chi connectivity index (χ1v) is 8.37. The van der Waals surface area contributed by atoms with Crippen LogP contribution in [0.15, 0.2) is 0 Å². The maximum atomic E-state index is 12.0. The number of nitrogens with one attached hydrogen (secondary N) is 1. The molecule has 124 valence electrons. The molecule has 0 saturated carbocycles. The van der Waals surface area contributed by atoms with Crippen molar-refractivity contribution >= 4 is 5.97 Å². The van der Waals surface area contributed by atoms with Crippen LogP contribution in [-0.2, 0) is 9.53 Å². The summed E-state index contributed by atoms with van der Waals surface area (Å²) in [5.41, 5.74) is -0.0525. The molecule has 2 unspecified atom stereocenters. The van der Waals surface area contributed by atoms with E-state index < -0.39 is 5.54 Å². The third-order valence-electron chi connectivity index (χ3n) is 5.87. The van der Waals surface area contributed by atoms with Gasteiger partial charge in [-0.05, 0) is 58.7 Å². The van der Waals surface area contributed by atoms with Gasteiger partial charge in [-0.1, -0.05) is 26.7 Å². The van der Waals surface area contributed by atoms with E-state index in [4.69, 9.17) is 4.74 Å². The van der Waals surface area contributed by atoms with E-state index in [1.54, 1.807) is 0 Å². The van der Waals surface area contributed by atoms with Gasteiger partial charge in [0.15, 0.2) is 0 Å². The summed E-state index contributed by atoms with van der Waals surface area (Å²) in [6, 6.07) is 0.383. The summed E-state index contributed by atoms with van der Waals surface area (Å²) >= 11 is 0. The van der Waals surface area contributed by atoms with E-state index in [-0.39, 0.29) is 5.97 Å². The third kappa shape index (κ3) is 4.19. The van der Waals surface area contributed by atoms with E-state index in [1.807, 2.05) is 14.0 Å². The lowest BCUT2D eigenvalue weighted by Gasteiger charge is -2.44. The molecule has 21 heavy (non-hydrogen) atoms. The van der Waals surface area contributed by atoms with E-state index in [1.165, 1.54) is 32.8 Å². The summed E-state index contributed by atoms with van der Waals surface area (Å²) < 4.78 is 4.94. The number of methoxy groups -OCH3 is 1. The zero-order valence-corrected chi connectivity index (χ0v) is 14.8. The van der Waals surface area contributed by atoms with Crippen molar-refractivity contribution < 1.29 is 9.53 Å². The minimum Gasteiger partial charge on any atom is -0.468 e. The number of likely N-dealkylation sites (tertiary alicyclic amines) is 1. The molecule has 2 atom stereocenters. The van der Waals surface area contributed by atoms with Gasteiger partial charge in [-0.3, -0.25) is 4.79 Å². The highest BCUT2D eigenvalue weighted by Crippen LogP contribution is 2.38. The Bertz CT molecular complexity index is 332. The van der Waals surface area contributed by atoms with Crippen molar-refractivity contribution in [3.05, 3.63) is 0 Å². The highest BCUT2D eigenvalue weighted by Gasteiger charge is 2.38. The fourth-order valence-corrected chi connectivity index (χ4v) is 3.63. The van der Waals surface area contributed by atoms with Gasteiger partial charge in [-0.2, -0.15) is 0 Å². The van der Waals surface area contributed by atoms with Crippen LogP contribution in [0.4, 0.5) is 0 Å². The van der Waals surface area contributed by atoms with E-state index in [0.29, 0.717) is 11.5 Å². The summed E-state index contributed by atoms with van der Waals surface area (Å²) in [7, 11) is 3.29. The Balaban J connectivity index is 2.61. The van der Waals surface area contributed by atoms with Gasteiger partial charge in [-0.25, -0.2) is 0 Å². The largest absolute Gasteiger partial charge is 0.468 e. The van der Waals surface area contributed by atoms with Gasteiger partial charge in [0.1, 0.15) is 5.54 Å². The topological polar surface area (TPSA) is 41.6 Å². The molecule has 0 radical (unpaired) electrons. The maximum Gasteiger partial charge on any atom is 0.325 e. The number of carbonyl (C=O) groups excluding carboxylic acids is 1. The van der Waals surface area contributed by atoms with Crippen LogP contribution >= 0.6 is 0 Å². The molecule has 1 rings (SSSR count). The molecule has 1 aliphatic heterocycles. The highest BCUT2D eigenvalue weighted by atomic mass is 16.5. The normalized spacial score (nSPS) is 23.3. The van der Waals surface area contributed by atoms with Crippen LogP contribution in [0.25, 0.3) is 0 Å². The lowest BCUT2D eigenvalue weighted by Crippen LogP contribution is -2.54. The molecule has 0 aromatic carbocycles. The number of esters is 1. The van der Waals surface area contributed by atoms with E-state index >= 15 is 0 Å². The Labute approximate surface area is 130 Å². The molecular weight excluding hydrogens is 264 g/mol. The number of hydrogen-bond acceptors (Lipinski definition) is 4. The smallest absolute Gasteiger partial charge is 0.325 e. The van der Waals surface area contributed by atoms with E-state index in [2.05, 4.69) is 31.0 Å². The average Bonchev–Trinajstić information content (AvgIpc) is 2.53. The van der Waals surface area contributed by atoms with Crippen molar-refractivity contribution in [3.63, 3.8) is 0 Å². The van der Waals surface area contributed by atoms with Gasteiger partial charge in [-0.15, -0.1) is 0 Å².